The third-order valence-corrected chi connectivity index (χ3v) is 4.36. The molecule has 0 bridgehead atoms. The molecule has 1 aliphatic heterocycles. The molecule has 1 aliphatic rings. The summed E-state index contributed by atoms with van der Waals surface area (Å²) < 4.78 is 10.9. The second kappa shape index (κ2) is 6.66. The number of aliphatic hydroxyl groups is 4. The summed E-state index contributed by atoms with van der Waals surface area (Å²) in [5, 5.41) is 59.9. The molecule has 0 aromatic heterocycles. The van der Waals surface area contributed by atoms with Crippen molar-refractivity contribution in [2.45, 2.75) is 37.6 Å². The molecule has 1 fully saturated rings. The van der Waals surface area contributed by atoms with E-state index in [1.807, 2.05) is 0 Å². The number of aryl methyl sites for hydroxylation is 1. The van der Waals surface area contributed by atoms with Crippen molar-refractivity contribution in [3.05, 3.63) is 29.8 Å². The fraction of sp³-hybridized carbons (Fsp3) is 0.412. The van der Waals surface area contributed by atoms with Gasteiger partial charge in [0.2, 0.25) is 6.29 Å². The quantitative estimate of drug-likeness (QED) is 0.444. The summed E-state index contributed by atoms with van der Waals surface area (Å²) in [5.74, 6) is -0.0489. The Morgan fingerprint density at radius 1 is 1.08 bits per heavy atom. The highest BCUT2D eigenvalue weighted by Crippen LogP contribution is 2.41. The highest BCUT2D eigenvalue weighted by Gasteiger charge is 2.44. The van der Waals surface area contributed by atoms with E-state index in [0.29, 0.717) is 10.9 Å². The Morgan fingerprint density at radius 3 is 2.48 bits per heavy atom. The normalized spacial score (nSPS) is 29.7. The van der Waals surface area contributed by atoms with Crippen LogP contribution in [0.15, 0.2) is 24.3 Å². The molecular formula is C17H20O8. The second-order valence-electron chi connectivity index (χ2n) is 6.06. The fourth-order valence-corrected chi connectivity index (χ4v) is 2.93. The van der Waals surface area contributed by atoms with Crippen LogP contribution in [-0.4, -0.2) is 68.0 Å². The number of benzene rings is 2. The Kier molecular flexibility index (Phi) is 4.72. The van der Waals surface area contributed by atoms with Crippen LogP contribution in [0.3, 0.4) is 0 Å². The SMILES string of the molecule is Cc1cc(O[C@H]2O[C@H](CO)[C@H](O)[C@@H](O)[C@H]2O)c2c(O)cccc2c1O. The molecule has 1 saturated heterocycles. The number of rotatable bonds is 3. The summed E-state index contributed by atoms with van der Waals surface area (Å²) in [6.07, 6.45) is -7.14. The van der Waals surface area contributed by atoms with Crippen molar-refractivity contribution in [3.63, 3.8) is 0 Å². The van der Waals surface area contributed by atoms with Gasteiger partial charge in [-0.25, -0.2) is 0 Å². The zero-order chi connectivity index (χ0) is 18.3. The standard InChI is InChI=1S/C17H20O8/c1-7-5-10(12-8(13(7)20)3-2-4-9(12)19)24-17-16(23)15(22)14(21)11(6-18)25-17/h2-5,11,14-23H,6H2,1H3/t11-,14+,15-,16-,17+/m1/s1. The molecule has 2 aromatic rings. The molecule has 0 aliphatic carbocycles. The summed E-state index contributed by atoms with van der Waals surface area (Å²) in [6.45, 7) is 1.06. The minimum atomic E-state index is -1.58. The summed E-state index contributed by atoms with van der Waals surface area (Å²) in [4.78, 5) is 0. The van der Waals surface area contributed by atoms with E-state index in [0.717, 1.165) is 0 Å². The smallest absolute Gasteiger partial charge is 0.229 e. The number of phenolic OH excluding ortho intramolecular Hbond substituents is 2. The van der Waals surface area contributed by atoms with Crippen LogP contribution in [-0.2, 0) is 4.74 Å². The number of ether oxygens (including phenoxy) is 2. The predicted molar refractivity (Wildman–Crippen MR) is 86.4 cm³/mol. The minimum Gasteiger partial charge on any atom is -0.507 e. The number of aromatic hydroxyl groups is 2. The lowest BCUT2D eigenvalue weighted by molar-refractivity contribution is -0.277. The first-order valence-electron chi connectivity index (χ1n) is 7.76. The molecular weight excluding hydrogens is 332 g/mol. The topological polar surface area (TPSA) is 140 Å². The van der Waals surface area contributed by atoms with Crippen LogP contribution in [0.1, 0.15) is 5.56 Å². The van der Waals surface area contributed by atoms with Gasteiger partial charge in [-0.15, -0.1) is 0 Å². The first-order chi connectivity index (χ1) is 11.8. The minimum absolute atomic E-state index is 0.0212. The summed E-state index contributed by atoms with van der Waals surface area (Å²) in [6, 6.07) is 6.03. The molecule has 0 spiro atoms. The highest BCUT2D eigenvalue weighted by molar-refractivity contribution is 5.98. The van der Waals surface area contributed by atoms with E-state index in [4.69, 9.17) is 9.47 Å². The average molecular weight is 352 g/mol. The van der Waals surface area contributed by atoms with Crippen LogP contribution in [0.25, 0.3) is 10.8 Å². The fourth-order valence-electron chi connectivity index (χ4n) is 2.93. The zero-order valence-corrected chi connectivity index (χ0v) is 13.4. The highest BCUT2D eigenvalue weighted by atomic mass is 16.7. The summed E-state index contributed by atoms with van der Waals surface area (Å²) in [7, 11) is 0. The van der Waals surface area contributed by atoms with Crippen LogP contribution in [0.2, 0.25) is 0 Å². The molecule has 3 rings (SSSR count). The maximum absolute atomic E-state index is 10.2. The van der Waals surface area contributed by atoms with Gasteiger partial charge in [-0.05, 0) is 24.6 Å². The van der Waals surface area contributed by atoms with Crippen molar-refractivity contribution < 1.29 is 40.1 Å². The van der Waals surface area contributed by atoms with Crippen molar-refractivity contribution in [2.24, 2.45) is 0 Å². The van der Waals surface area contributed by atoms with Gasteiger partial charge in [0, 0.05) is 5.39 Å². The van der Waals surface area contributed by atoms with Crippen molar-refractivity contribution >= 4 is 10.8 Å². The monoisotopic (exact) mass is 352 g/mol. The Bertz CT molecular complexity index is 775. The van der Waals surface area contributed by atoms with E-state index in [-0.39, 0.29) is 22.6 Å². The van der Waals surface area contributed by atoms with Gasteiger partial charge in [0.25, 0.3) is 0 Å². The van der Waals surface area contributed by atoms with Gasteiger partial charge < -0.3 is 40.1 Å². The van der Waals surface area contributed by atoms with Gasteiger partial charge in [-0.3, -0.25) is 0 Å². The molecule has 25 heavy (non-hydrogen) atoms. The molecule has 2 aromatic carbocycles. The molecule has 8 heteroatoms. The molecule has 136 valence electrons. The van der Waals surface area contributed by atoms with Crippen molar-refractivity contribution in [1.29, 1.82) is 0 Å². The third-order valence-electron chi connectivity index (χ3n) is 4.36. The molecule has 0 radical (unpaired) electrons. The zero-order valence-electron chi connectivity index (χ0n) is 13.4. The van der Waals surface area contributed by atoms with Gasteiger partial charge in [-0.1, -0.05) is 12.1 Å². The number of aliphatic hydroxyl groups excluding tert-OH is 4. The van der Waals surface area contributed by atoms with Crippen LogP contribution >= 0.6 is 0 Å². The first-order valence-corrected chi connectivity index (χ1v) is 7.76. The van der Waals surface area contributed by atoms with Crippen LogP contribution < -0.4 is 4.74 Å². The average Bonchev–Trinajstić information content (AvgIpc) is 2.59. The largest absolute Gasteiger partial charge is 0.507 e. The van der Waals surface area contributed by atoms with Gasteiger partial charge in [0.1, 0.15) is 41.7 Å². The lowest BCUT2D eigenvalue weighted by atomic mass is 9.99. The maximum Gasteiger partial charge on any atom is 0.229 e. The Balaban J connectivity index is 2.02. The van der Waals surface area contributed by atoms with Crippen LogP contribution in [0.4, 0.5) is 0 Å². The van der Waals surface area contributed by atoms with E-state index >= 15 is 0 Å². The molecule has 8 nitrogen and oxygen atoms in total. The van der Waals surface area contributed by atoms with Gasteiger partial charge in [0.15, 0.2) is 0 Å². The van der Waals surface area contributed by atoms with Gasteiger partial charge >= 0.3 is 0 Å². The lowest BCUT2D eigenvalue weighted by Gasteiger charge is -2.39. The molecule has 0 unspecified atom stereocenters. The van der Waals surface area contributed by atoms with E-state index < -0.39 is 37.3 Å². The lowest BCUT2D eigenvalue weighted by Crippen LogP contribution is -2.60. The molecule has 1 heterocycles. The van der Waals surface area contributed by atoms with Crippen LogP contribution in [0, 0.1) is 6.92 Å². The molecule has 6 N–H and O–H groups in total. The number of hydrogen-bond donors (Lipinski definition) is 6. The Hall–Kier alpha value is -2.10. The third kappa shape index (κ3) is 2.99. The number of phenols is 2. The van der Waals surface area contributed by atoms with Crippen molar-refractivity contribution in [2.75, 3.05) is 6.61 Å². The van der Waals surface area contributed by atoms with Gasteiger partial charge in [-0.2, -0.15) is 0 Å². The summed E-state index contributed by atoms with van der Waals surface area (Å²) >= 11 is 0. The van der Waals surface area contributed by atoms with E-state index in [2.05, 4.69) is 0 Å². The molecule has 0 saturated carbocycles. The summed E-state index contributed by atoms with van der Waals surface area (Å²) in [5.41, 5.74) is 0.470. The van der Waals surface area contributed by atoms with Gasteiger partial charge in [0.05, 0.1) is 12.0 Å². The maximum atomic E-state index is 10.2. The Morgan fingerprint density at radius 2 is 1.80 bits per heavy atom. The molecule has 0 amide bonds. The first kappa shape index (κ1) is 17.7. The van der Waals surface area contributed by atoms with E-state index in [1.54, 1.807) is 19.1 Å². The predicted octanol–water partition coefficient (Wildman–Crippen LogP) is -0.262. The number of hydrogen-bond acceptors (Lipinski definition) is 8. The van der Waals surface area contributed by atoms with E-state index in [1.165, 1.54) is 12.1 Å². The number of fused-ring (bicyclic) bond motifs is 1. The Labute approximate surface area is 143 Å². The van der Waals surface area contributed by atoms with Crippen LogP contribution in [0.5, 0.6) is 17.2 Å². The second-order valence-corrected chi connectivity index (χ2v) is 6.06. The van der Waals surface area contributed by atoms with Crippen molar-refractivity contribution in [3.8, 4) is 17.2 Å². The van der Waals surface area contributed by atoms with Crippen molar-refractivity contribution in [1.82, 2.24) is 0 Å². The molecule has 5 atom stereocenters. The van der Waals surface area contributed by atoms with E-state index in [9.17, 15) is 30.6 Å².